The Labute approximate surface area is 115 Å². The van der Waals surface area contributed by atoms with Crippen LogP contribution in [0.2, 0.25) is 13.1 Å². The molecule has 0 radical (unpaired) electrons. The zero-order valence-corrected chi connectivity index (χ0v) is 12.7. The lowest BCUT2D eigenvalue weighted by Crippen LogP contribution is -2.11. The van der Waals surface area contributed by atoms with Crippen LogP contribution in [0.15, 0.2) is 46.0 Å². The molecule has 0 spiro atoms. The van der Waals surface area contributed by atoms with Crippen molar-refractivity contribution in [2.45, 2.75) is 26.4 Å². The van der Waals surface area contributed by atoms with Gasteiger partial charge >= 0.3 is 0 Å². The molecule has 0 N–H and O–H groups in total. The van der Waals surface area contributed by atoms with Gasteiger partial charge in [-0.05, 0) is 43.8 Å². The maximum atomic E-state index is 5.86. The van der Waals surface area contributed by atoms with Crippen LogP contribution in [0, 0.1) is 6.92 Å². The van der Waals surface area contributed by atoms with Crippen molar-refractivity contribution in [1.82, 2.24) is 0 Å². The molecule has 4 heteroatoms. The maximum absolute atomic E-state index is 5.86. The summed E-state index contributed by atoms with van der Waals surface area (Å²) in [5, 5.41) is 0. The summed E-state index contributed by atoms with van der Waals surface area (Å²) >= 11 is 0. The second-order valence-electron chi connectivity index (χ2n) is 4.68. The lowest BCUT2D eigenvalue weighted by atomic mass is 10.2. The van der Waals surface area contributed by atoms with E-state index in [0.29, 0.717) is 6.42 Å². The van der Waals surface area contributed by atoms with E-state index in [1.54, 1.807) is 6.26 Å². The predicted molar refractivity (Wildman–Crippen MR) is 81.2 cm³/mol. The van der Waals surface area contributed by atoms with Crippen LogP contribution in [-0.4, -0.2) is 15.3 Å². The zero-order valence-electron chi connectivity index (χ0n) is 11.6. The van der Waals surface area contributed by atoms with Gasteiger partial charge in [-0.25, -0.2) is 0 Å². The number of para-hydroxylation sites is 2. The van der Waals surface area contributed by atoms with E-state index in [9.17, 15) is 0 Å². The van der Waals surface area contributed by atoms with Crippen molar-refractivity contribution in [1.29, 1.82) is 0 Å². The number of furan rings is 1. The quantitative estimate of drug-likeness (QED) is 0.612. The van der Waals surface area contributed by atoms with Crippen LogP contribution in [0.5, 0.6) is 5.75 Å². The highest BCUT2D eigenvalue weighted by Gasteiger charge is 2.04. The fraction of sp³-hybridized carbons (Fsp3) is 0.267. The molecule has 2 aromatic rings. The highest BCUT2D eigenvalue weighted by atomic mass is 28.3. The summed E-state index contributed by atoms with van der Waals surface area (Å²) in [4.78, 5) is 4.49. The summed E-state index contributed by atoms with van der Waals surface area (Å²) in [5.41, 5.74) is 2.04. The molecular formula is C15H19NO2Si. The van der Waals surface area contributed by atoms with E-state index in [-0.39, 0.29) is 0 Å². The van der Waals surface area contributed by atoms with E-state index in [0.717, 1.165) is 22.8 Å². The zero-order chi connectivity index (χ0) is 13.7. The first-order chi connectivity index (χ1) is 9.16. The van der Waals surface area contributed by atoms with Crippen molar-refractivity contribution in [3.05, 3.63) is 47.9 Å². The molecule has 1 heterocycles. The molecule has 3 nitrogen and oxygen atoms in total. The summed E-state index contributed by atoms with van der Waals surface area (Å²) in [5.74, 6) is 1.83. The average Bonchev–Trinajstić information content (AvgIpc) is 2.77. The molecule has 2 rings (SSSR count). The molecule has 19 heavy (non-hydrogen) atoms. The molecule has 0 saturated carbocycles. The third kappa shape index (κ3) is 3.82. The molecule has 0 aliphatic heterocycles. The molecule has 0 saturated heterocycles. The fourth-order valence-corrected chi connectivity index (χ4v) is 2.46. The molecular weight excluding hydrogens is 254 g/mol. The number of aryl methyl sites for hydroxylation is 1. The highest BCUT2D eigenvalue weighted by Crippen LogP contribution is 2.27. The molecule has 0 aliphatic rings. The number of aliphatic imine (C=N–C) groups is 1. The van der Waals surface area contributed by atoms with Gasteiger partial charge in [0.25, 0.3) is 0 Å². The predicted octanol–water partition coefficient (Wildman–Crippen LogP) is 3.90. The maximum Gasteiger partial charge on any atom is 0.229 e. The van der Waals surface area contributed by atoms with Gasteiger partial charge in [-0.3, -0.25) is 4.99 Å². The number of hydrogen-bond acceptors (Lipinski definition) is 3. The van der Waals surface area contributed by atoms with Crippen LogP contribution < -0.4 is 4.43 Å². The van der Waals surface area contributed by atoms with E-state index >= 15 is 0 Å². The van der Waals surface area contributed by atoms with Gasteiger partial charge in [0.1, 0.15) is 17.2 Å². The number of benzene rings is 1. The monoisotopic (exact) mass is 273 g/mol. The molecule has 1 aromatic carbocycles. The largest absolute Gasteiger partial charge is 0.546 e. The lowest BCUT2D eigenvalue weighted by Gasteiger charge is -2.11. The van der Waals surface area contributed by atoms with Gasteiger partial charge in [-0.1, -0.05) is 12.1 Å². The van der Waals surface area contributed by atoms with Crippen LogP contribution in [0.4, 0.5) is 5.69 Å². The van der Waals surface area contributed by atoms with Gasteiger partial charge in [0.2, 0.25) is 9.04 Å². The average molecular weight is 273 g/mol. The Morgan fingerprint density at radius 1 is 1.26 bits per heavy atom. The minimum atomic E-state index is -1.11. The van der Waals surface area contributed by atoms with Crippen molar-refractivity contribution >= 4 is 20.9 Å². The van der Waals surface area contributed by atoms with E-state index in [4.69, 9.17) is 8.84 Å². The van der Waals surface area contributed by atoms with E-state index in [1.165, 1.54) is 0 Å². The second-order valence-corrected chi connectivity index (χ2v) is 7.01. The Bertz CT molecular complexity index is 561. The Morgan fingerprint density at radius 2 is 2.05 bits per heavy atom. The Hall–Kier alpha value is -1.81. The van der Waals surface area contributed by atoms with Crippen LogP contribution in [0.25, 0.3) is 0 Å². The van der Waals surface area contributed by atoms with Crippen molar-refractivity contribution in [2.75, 3.05) is 0 Å². The third-order valence-corrected chi connectivity index (χ3v) is 3.43. The van der Waals surface area contributed by atoms with Gasteiger partial charge in [0.05, 0.1) is 6.26 Å². The van der Waals surface area contributed by atoms with Gasteiger partial charge in [0, 0.05) is 12.6 Å². The topological polar surface area (TPSA) is 34.7 Å². The Morgan fingerprint density at radius 3 is 2.74 bits per heavy atom. The summed E-state index contributed by atoms with van der Waals surface area (Å²) < 4.78 is 11.2. The highest BCUT2D eigenvalue weighted by molar-refractivity contribution is 6.49. The van der Waals surface area contributed by atoms with Crippen molar-refractivity contribution in [3.63, 3.8) is 0 Å². The van der Waals surface area contributed by atoms with Gasteiger partial charge < -0.3 is 8.84 Å². The molecule has 100 valence electrons. The lowest BCUT2D eigenvalue weighted by molar-refractivity contribution is 0.525. The minimum absolute atomic E-state index is 0.701. The first-order valence-corrected chi connectivity index (χ1v) is 9.26. The van der Waals surface area contributed by atoms with Crippen LogP contribution in [-0.2, 0) is 6.42 Å². The molecule has 0 atom stereocenters. The number of nitrogens with zero attached hydrogens (tertiary/aromatic N) is 1. The smallest absolute Gasteiger partial charge is 0.229 e. The summed E-state index contributed by atoms with van der Waals surface area (Å²) in [6.45, 7) is 6.33. The number of hydrogen-bond donors (Lipinski definition) is 0. The molecule has 0 unspecified atom stereocenters. The minimum Gasteiger partial charge on any atom is -0.546 e. The van der Waals surface area contributed by atoms with Gasteiger partial charge in [-0.2, -0.15) is 0 Å². The van der Waals surface area contributed by atoms with E-state index in [2.05, 4.69) is 18.1 Å². The SMILES string of the molecule is Cc1ccoc1CC=Nc1ccccc1O[SiH](C)C. The van der Waals surface area contributed by atoms with E-state index in [1.807, 2.05) is 43.5 Å². The fourth-order valence-electron chi connectivity index (χ4n) is 1.76. The molecule has 0 fully saturated rings. The Balaban J connectivity index is 2.08. The van der Waals surface area contributed by atoms with Crippen LogP contribution >= 0.6 is 0 Å². The first-order valence-electron chi connectivity index (χ1n) is 6.48. The first kappa shape index (κ1) is 13.6. The molecule has 0 amide bonds. The Kier molecular flexibility index (Phi) is 4.57. The van der Waals surface area contributed by atoms with Crippen LogP contribution in [0.1, 0.15) is 11.3 Å². The third-order valence-electron chi connectivity index (χ3n) is 2.70. The molecule has 0 aliphatic carbocycles. The van der Waals surface area contributed by atoms with Crippen molar-refractivity contribution in [3.8, 4) is 5.75 Å². The van der Waals surface area contributed by atoms with Gasteiger partial charge in [0.15, 0.2) is 0 Å². The summed E-state index contributed by atoms with van der Waals surface area (Å²) in [7, 11) is -1.11. The van der Waals surface area contributed by atoms with Gasteiger partial charge in [-0.15, -0.1) is 0 Å². The van der Waals surface area contributed by atoms with E-state index < -0.39 is 9.04 Å². The van der Waals surface area contributed by atoms with Crippen molar-refractivity contribution in [2.24, 2.45) is 4.99 Å². The summed E-state index contributed by atoms with van der Waals surface area (Å²) in [6, 6.07) is 9.85. The number of rotatable bonds is 5. The van der Waals surface area contributed by atoms with Crippen molar-refractivity contribution < 1.29 is 8.84 Å². The normalized spacial score (nSPS) is 11.4. The second kappa shape index (κ2) is 6.38. The summed E-state index contributed by atoms with van der Waals surface area (Å²) in [6.07, 6.45) is 4.28. The molecule has 1 aromatic heterocycles. The molecule has 0 bridgehead atoms. The van der Waals surface area contributed by atoms with Crippen LogP contribution in [0.3, 0.4) is 0 Å². The standard InChI is InChI=1S/C15H19NO2Si/c1-12-9-11-17-14(12)8-10-16-13-6-4-5-7-15(13)18-19(2)3/h4-7,9-11,19H,8H2,1-3H3.